The molecule has 0 saturated heterocycles. The summed E-state index contributed by atoms with van der Waals surface area (Å²) in [6.45, 7) is 4.41. The standard InChI is InChI=1S/C16H21NO/c1-4-12-8-9-14(11-13(12)5-2)16(17-3)15-7-6-10-18-15/h6-11,16-17H,4-5H2,1-3H3. The lowest BCUT2D eigenvalue weighted by Crippen LogP contribution is -2.17. The van der Waals surface area contributed by atoms with Crippen molar-refractivity contribution >= 4 is 0 Å². The minimum absolute atomic E-state index is 0.135. The summed E-state index contributed by atoms with van der Waals surface area (Å²) in [6, 6.07) is 10.8. The molecule has 0 amide bonds. The van der Waals surface area contributed by atoms with Gasteiger partial charge in [-0.05, 0) is 48.7 Å². The lowest BCUT2D eigenvalue weighted by Gasteiger charge is -2.16. The average molecular weight is 243 g/mol. The van der Waals surface area contributed by atoms with E-state index < -0.39 is 0 Å². The number of aryl methyl sites for hydroxylation is 2. The van der Waals surface area contributed by atoms with Gasteiger partial charge in [-0.2, -0.15) is 0 Å². The van der Waals surface area contributed by atoms with Crippen molar-refractivity contribution in [2.45, 2.75) is 32.7 Å². The van der Waals surface area contributed by atoms with Gasteiger partial charge >= 0.3 is 0 Å². The van der Waals surface area contributed by atoms with Crippen LogP contribution in [-0.4, -0.2) is 7.05 Å². The molecule has 0 aliphatic heterocycles. The van der Waals surface area contributed by atoms with Crippen LogP contribution in [0.2, 0.25) is 0 Å². The second-order valence-corrected chi connectivity index (χ2v) is 4.47. The van der Waals surface area contributed by atoms with Gasteiger partial charge in [0.15, 0.2) is 0 Å². The molecule has 96 valence electrons. The van der Waals surface area contributed by atoms with Crippen LogP contribution in [0, 0.1) is 0 Å². The molecule has 2 aromatic rings. The van der Waals surface area contributed by atoms with Crippen LogP contribution in [0.5, 0.6) is 0 Å². The Labute approximate surface area is 109 Å². The number of furan rings is 1. The summed E-state index contributed by atoms with van der Waals surface area (Å²) in [5.74, 6) is 0.962. The highest BCUT2D eigenvalue weighted by molar-refractivity contribution is 5.36. The van der Waals surface area contributed by atoms with Crippen molar-refractivity contribution in [2.24, 2.45) is 0 Å². The second-order valence-electron chi connectivity index (χ2n) is 4.47. The Hall–Kier alpha value is -1.54. The molecule has 2 rings (SSSR count). The van der Waals surface area contributed by atoms with Gasteiger partial charge in [-0.25, -0.2) is 0 Å². The summed E-state index contributed by atoms with van der Waals surface area (Å²) in [6.07, 6.45) is 3.89. The van der Waals surface area contributed by atoms with Gasteiger partial charge in [0.05, 0.1) is 12.3 Å². The first-order valence-corrected chi connectivity index (χ1v) is 6.62. The van der Waals surface area contributed by atoms with Crippen molar-refractivity contribution in [1.82, 2.24) is 5.32 Å². The Morgan fingerprint density at radius 3 is 2.44 bits per heavy atom. The summed E-state index contributed by atoms with van der Waals surface area (Å²) >= 11 is 0. The van der Waals surface area contributed by atoms with Crippen LogP contribution in [0.25, 0.3) is 0 Å². The molecule has 1 heterocycles. The number of hydrogen-bond acceptors (Lipinski definition) is 2. The zero-order chi connectivity index (χ0) is 13.0. The molecule has 0 fully saturated rings. The second kappa shape index (κ2) is 5.87. The van der Waals surface area contributed by atoms with Crippen molar-refractivity contribution < 1.29 is 4.42 Å². The van der Waals surface area contributed by atoms with E-state index in [0.717, 1.165) is 18.6 Å². The normalized spacial score (nSPS) is 12.6. The molecule has 0 bridgehead atoms. The molecule has 1 aromatic carbocycles. The monoisotopic (exact) mass is 243 g/mol. The molecule has 0 aliphatic rings. The fourth-order valence-corrected chi connectivity index (χ4v) is 2.43. The predicted molar refractivity (Wildman–Crippen MR) is 74.8 cm³/mol. The summed E-state index contributed by atoms with van der Waals surface area (Å²) in [4.78, 5) is 0. The summed E-state index contributed by atoms with van der Waals surface area (Å²) in [5.41, 5.74) is 4.14. The van der Waals surface area contributed by atoms with Gasteiger partial charge in [-0.3, -0.25) is 0 Å². The summed E-state index contributed by atoms with van der Waals surface area (Å²) < 4.78 is 5.51. The van der Waals surface area contributed by atoms with Crippen LogP contribution in [-0.2, 0) is 12.8 Å². The molecule has 0 radical (unpaired) electrons. The number of hydrogen-bond donors (Lipinski definition) is 1. The van der Waals surface area contributed by atoms with E-state index in [1.807, 2.05) is 19.2 Å². The van der Waals surface area contributed by atoms with Crippen LogP contribution < -0.4 is 5.32 Å². The van der Waals surface area contributed by atoms with Crippen LogP contribution in [0.4, 0.5) is 0 Å². The van der Waals surface area contributed by atoms with Gasteiger partial charge in [0.25, 0.3) is 0 Å². The molecule has 1 unspecified atom stereocenters. The van der Waals surface area contributed by atoms with E-state index in [1.165, 1.54) is 16.7 Å². The van der Waals surface area contributed by atoms with Crippen molar-refractivity contribution in [3.8, 4) is 0 Å². The first kappa shape index (κ1) is 12.9. The van der Waals surface area contributed by atoms with Gasteiger partial charge < -0.3 is 9.73 Å². The maximum atomic E-state index is 5.51. The van der Waals surface area contributed by atoms with Crippen molar-refractivity contribution in [1.29, 1.82) is 0 Å². The van der Waals surface area contributed by atoms with Gasteiger partial charge in [0.2, 0.25) is 0 Å². The minimum atomic E-state index is 0.135. The molecule has 1 aromatic heterocycles. The fourth-order valence-electron chi connectivity index (χ4n) is 2.43. The van der Waals surface area contributed by atoms with Gasteiger partial charge in [0, 0.05) is 0 Å². The largest absolute Gasteiger partial charge is 0.467 e. The molecule has 2 heteroatoms. The fraction of sp³-hybridized carbons (Fsp3) is 0.375. The molecule has 2 nitrogen and oxygen atoms in total. The molecule has 1 atom stereocenters. The molecule has 1 N–H and O–H groups in total. The van der Waals surface area contributed by atoms with Crippen LogP contribution >= 0.6 is 0 Å². The van der Waals surface area contributed by atoms with Crippen molar-refractivity contribution in [3.63, 3.8) is 0 Å². The Kier molecular flexibility index (Phi) is 4.21. The highest BCUT2D eigenvalue weighted by Gasteiger charge is 2.15. The maximum absolute atomic E-state index is 5.51. The molecular weight excluding hydrogens is 222 g/mol. The predicted octanol–water partition coefficient (Wildman–Crippen LogP) is 3.71. The Bertz CT molecular complexity index is 488. The SMILES string of the molecule is CCc1ccc(C(NC)c2ccco2)cc1CC. The number of rotatable bonds is 5. The lowest BCUT2D eigenvalue weighted by atomic mass is 9.96. The van der Waals surface area contributed by atoms with Gasteiger partial charge in [0.1, 0.15) is 5.76 Å². The number of benzene rings is 1. The average Bonchev–Trinajstić information content (AvgIpc) is 2.93. The summed E-state index contributed by atoms with van der Waals surface area (Å²) in [7, 11) is 1.96. The third kappa shape index (κ3) is 2.49. The van der Waals surface area contributed by atoms with E-state index in [1.54, 1.807) is 6.26 Å². The molecule has 18 heavy (non-hydrogen) atoms. The maximum Gasteiger partial charge on any atom is 0.125 e. The first-order chi connectivity index (χ1) is 8.80. The highest BCUT2D eigenvalue weighted by Crippen LogP contribution is 2.24. The Balaban J connectivity index is 2.37. The highest BCUT2D eigenvalue weighted by atomic mass is 16.3. The van der Waals surface area contributed by atoms with Gasteiger partial charge in [-0.15, -0.1) is 0 Å². The first-order valence-electron chi connectivity index (χ1n) is 6.62. The molecule has 0 aliphatic carbocycles. The van der Waals surface area contributed by atoms with E-state index >= 15 is 0 Å². The zero-order valence-corrected chi connectivity index (χ0v) is 11.4. The third-order valence-electron chi connectivity index (χ3n) is 3.44. The Morgan fingerprint density at radius 1 is 1.11 bits per heavy atom. The molecule has 0 saturated carbocycles. The van der Waals surface area contributed by atoms with Crippen LogP contribution in [0.1, 0.15) is 42.3 Å². The van der Waals surface area contributed by atoms with E-state index in [4.69, 9.17) is 4.42 Å². The third-order valence-corrected chi connectivity index (χ3v) is 3.44. The summed E-state index contributed by atoms with van der Waals surface area (Å²) in [5, 5.41) is 3.32. The Morgan fingerprint density at radius 2 is 1.89 bits per heavy atom. The smallest absolute Gasteiger partial charge is 0.125 e. The molecule has 0 spiro atoms. The topological polar surface area (TPSA) is 25.2 Å². The zero-order valence-electron chi connectivity index (χ0n) is 11.4. The van der Waals surface area contributed by atoms with E-state index in [9.17, 15) is 0 Å². The lowest BCUT2D eigenvalue weighted by molar-refractivity contribution is 0.463. The van der Waals surface area contributed by atoms with E-state index in [2.05, 4.69) is 37.4 Å². The molecular formula is C16H21NO. The van der Waals surface area contributed by atoms with Crippen LogP contribution in [0.15, 0.2) is 41.0 Å². The van der Waals surface area contributed by atoms with Crippen molar-refractivity contribution in [2.75, 3.05) is 7.05 Å². The van der Waals surface area contributed by atoms with Crippen molar-refractivity contribution in [3.05, 3.63) is 59.0 Å². The van der Waals surface area contributed by atoms with Gasteiger partial charge in [-0.1, -0.05) is 32.0 Å². The number of nitrogens with one attached hydrogen (secondary N) is 1. The van der Waals surface area contributed by atoms with E-state index in [-0.39, 0.29) is 6.04 Å². The van der Waals surface area contributed by atoms with Crippen LogP contribution in [0.3, 0.4) is 0 Å². The minimum Gasteiger partial charge on any atom is -0.467 e. The van der Waals surface area contributed by atoms with E-state index in [0.29, 0.717) is 0 Å². The quantitative estimate of drug-likeness (QED) is 0.866.